The fourth-order valence-corrected chi connectivity index (χ4v) is 4.84. The maximum atomic E-state index is 14.9. The van der Waals surface area contributed by atoms with Gasteiger partial charge in [0.1, 0.15) is 17.5 Å². The lowest BCUT2D eigenvalue weighted by molar-refractivity contribution is -0.121. The summed E-state index contributed by atoms with van der Waals surface area (Å²) in [6.45, 7) is 4.03. The Morgan fingerprint density at radius 3 is 2.39 bits per heavy atom. The third-order valence-corrected chi connectivity index (χ3v) is 6.89. The molecular weight excluding hydrogens is 497 g/mol. The summed E-state index contributed by atoms with van der Waals surface area (Å²) in [4.78, 5) is 22.2. The zero-order chi connectivity index (χ0) is 26.9. The van der Waals surface area contributed by atoms with E-state index in [4.69, 9.17) is 9.47 Å². The summed E-state index contributed by atoms with van der Waals surface area (Å²) in [5, 5.41) is 6.28. The summed E-state index contributed by atoms with van der Waals surface area (Å²) in [5.74, 6) is -0.502. The van der Waals surface area contributed by atoms with Crippen LogP contribution in [0.4, 0.5) is 19.0 Å². The Balaban J connectivity index is 1.43. The highest BCUT2D eigenvalue weighted by atomic mass is 19.3. The number of aryl methyl sites for hydroxylation is 1. The highest BCUT2D eigenvalue weighted by Gasteiger charge is 2.45. The van der Waals surface area contributed by atoms with Gasteiger partial charge in [0.2, 0.25) is 5.91 Å². The SMILES string of the molecule is Cc1nc(CC(=O)NC2(c3ccccc3)CC2)c(C2OCCO2)c(N[C@H](C)c2cccc(C(F)F)c2F)n1. The van der Waals surface area contributed by atoms with Gasteiger partial charge in [-0.2, -0.15) is 0 Å². The molecule has 0 unspecified atom stereocenters. The van der Waals surface area contributed by atoms with Crippen LogP contribution < -0.4 is 10.6 Å². The molecule has 5 rings (SSSR count). The topological polar surface area (TPSA) is 85.4 Å². The van der Waals surface area contributed by atoms with Crippen LogP contribution >= 0.6 is 0 Å². The van der Waals surface area contributed by atoms with Gasteiger partial charge in [-0.05, 0) is 32.3 Å². The molecule has 1 aromatic heterocycles. The monoisotopic (exact) mass is 526 g/mol. The molecule has 2 fully saturated rings. The Bertz CT molecular complexity index is 1310. The van der Waals surface area contributed by atoms with E-state index < -0.39 is 30.1 Å². The van der Waals surface area contributed by atoms with E-state index in [0.717, 1.165) is 24.5 Å². The first-order chi connectivity index (χ1) is 18.3. The first-order valence-corrected chi connectivity index (χ1v) is 12.6. The zero-order valence-corrected chi connectivity index (χ0v) is 21.1. The number of ether oxygens (including phenoxy) is 2. The number of anilines is 1. The third-order valence-electron chi connectivity index (χ3n) is 6.89. The van der Waals surface area contributed by atoms with Crippen molar-refractivity contribution >= 4 is 11.7 Å². The van der Waals surface area contributed by atoms with Gasteiger partial charge in [-0.1, -0.05) is 48.5 Å². The molecule has 1 saturated heterocycles. The summed E-state index contributed by atoms with van der Waals surface area (Å²) >= 11 is 0. The minimum Gasteiger partial charge on any atom is -0.363 e. The molecule has 1 atom stereocenters. The number of carbonyl (C=O) groups excluding carboxylic acids is 1. The fraction of sp³-hybridized carbons (Fsp3) is 0.393. The summed E-state index contributed by atoms with van der Waals surface area (Å²) < 4.78 is 52.9. The number of benzene rings is 2. The van der Waals surface area contributed by atoms with Crippen molar-refractivity contribution in [3.05, 3.63) is 88.1 Å². The van der Waals surface area contributed by atoms with Gasteiger partial charge >= 0.3 is 0 Å². The van der Waals surface area contributed by atoms with E-state index in [2.05, 4.69) is 20.6 Å². The number of halogens is 3. The molecule has 0 bridgehead atoms. The molecule has 2 aromatic carbocycles. The Hall–Kier alpha value is -3.50. The van der Waals surface area contributed by atoms with Crippen LogP contribution in [0.1, 0.15) is 72.3 Å². The Morgan fingerprint density at radius 1 is 1.05 bits per heavy atom. The van der Waals surface area contributed by atoms with Crippen molar-refractivity contribution in [1.82, 2.24) is 15.3 Å². The predicted molar refractivity (Wildman–Crippen MR) is 134 cm³/mol. The second kappa shape index (κ2) is 10.7. The molecule has 7 nitrogen and oxygen atoms in total. The van der Waals surface area contributed by atoms with E-state index in [0.29, 0.717) is 36.1 Å². The lowest BCUT2D eigenvalue weighted by Gasteiger charge is -2.23. The zero-order valence-electron chi connectivity index (χ0n) is 21.1. The van der Waals surface area contributed by atoms with E-state index in [-0.39, 0.29) is 23.4 Å². The van der Waals surface area contributed by atoms with Crippen LogP contribution in [0.25, 0.3) is 0 Å². The standard InChI is InChI=1S/C28H29F3N4O3/c1-16(19-9-6-10-20(24(19)29)25(30)31)32-26-23(27-37-13-14-38-27)21(33-17(2)34-26)15-22(36)35-28(11-12-28)18-7-4-3-5-8-18/h3-10,16,25,27H,11-15H2,1-2H3,(H,35,36)(H,32,33,34)/t16-/m1/s1. The van der Waals surface area contributed by atoms with Crippen molar-refractivity contribution in [3.8, 4) is 0 Å². The maximum absolute atomic E-state index is 14.9. The lowest BCUT2D eigenvalue weighted by Crippen LogP contribution is -2.36. The van der Waals surface area contributed by atoms with Gasteiger partial charge in [0.15, 0.2) is 6.29 Å². The van der Waals surface area contributed by atoms with Crippen molar-refractivity contribution in [2.75, 3.05) is 18.5 Å². The second-order valence-corrected chi connectivity index (χ2v) is 9.64. The van der Waals surface area contributed by atoms with Crippen LogP contribution in [0.2, 0.25) is 0 Å². The number of hydrogen-bond acceptors (Lipinski definition) is 6. The van der Waals surface area contributed by atoms with Gasteiger partial charge in [0.05, 0.1) is 48.0 Å². The summed E-state index contributed by atoms with van der Waals surface area (Å²) in [6, 6.07) is 13.0. The molecule has 2 heterocycles. The highest BCUT2D eigenvalue weighted by Crippen LogP contribution is 2.45. The van der Waals surface area contributed by atoms with Crippen LogP contribution in [-0.2, 0) is 26.2 Å². The summed E-state index contributed by atoms with van der Waals surface area (Å²) in [7, 11) is 0. The quantitative estimate of drug-likeness (QED) is 0.387. The van der Waals surface area contributed by atoms with Crippen molar-refractivity contribution in [2.24, 2.45) is 0 Å². The molecule has 0 radical (unpaired) electrons. The Kier molecular flexibility index (Phi) is 7.36. The predicted octanol–water partition coefficient (Wildman–Crippen LogP) is 5.43. The minimum absolute atomic E-state index is 0.0468. The van der Waals surface area contributed by atoms with E-state index in [1.54, 1.807) is 13.8 Å². The molecule has 1 amide bonds. The van der Waals surface area contributed by atoms with Crippen LogP contribution in [0.5, 0.6) is 0 Å². The third kappa shape index (κ3) is 5.37. The van der Waals surface area contributed by atoms with E-state index in [1.165, 1.54) is 12.1 Å². The minimum atomic E-state index is -2.94. The summed E-state index contributed by atoms with van der Waals surface area (Å²) in [6.07, 6.45) is -2.11. The van der Waals surface area contributed by atoms with Crippen molar-refractivity contribution < 1.29 is 27.4 Å². The average molecular weight is 527 g/mol. The molecule has 1 saturated carbocycles. The van der Waals surface area contributed by atoms with Gasteiger partial charge in [-0.3, -0.25) is 4.79 Å². The van der Waals surface area contributed by atoms with Gasteiger partial charge in [-0.15, -0.1) is 0 Å². The van der Waals surface area contributed by atoms with Crippen LogP contribution in [0.15, 0.2) is 48.5 Å². The maximum Gasteiger partial charge on any atom is 0.266 e. The van der Waals surface area contributed by atoms with E-state index in [1.807, 2.05) is 30.3 Å². The van der Waals surface area contributed by atoms with Crippen molar-refractivity contribution in [3.63, 3.8) is 0 Å². The molecule has 200 valence electrons. The van der Waals surface area contributed by atoms with E-state index in [9.17, 15) is 18.0 Å². The number of nitrogens with zero attached hydrogens (tertiary/aromatic N) is 2. The normalized spacial score (nSPS) is 17.4. The van der Waals surface area contributed by atoms with Crippen LogP contribution in [0, 0.1) is 12.7 Å². The van der Waals surface area contributed by atoms with Gasteiger partial charge in [0, 0.05) is 5.56 Å². The molecule has 1 aliphatic carbocycles. The van der Waals surface area contributed by atoms with Crippen LogP contribution in [-0.4, -0.2) is 29.1 Å². The van der Waals surface area contributed by atoms with Gasteiger partial charge in [-0.25, -0.2) is 23.1 Å². The molecule has 2 aliphatic rings. The highest BCUT2D eigenvalue weighted by molar-refractivity contribution is 5.80. The molecule has 0 spiro atoms. The Morgan fingerprint density at radius 2 is 1.74 bits per heavy atom. The van der Waals surface area contributed by atoms with Gasteiger partial charge < -0.3 is 20.1 Å². The lowest BCUT2D eigenvalue weighted by atomic mass is 10.0. The van der Waals surface area contributed by atoms with Crippen LogP contribution in [0.3, 0.4) is 0 Å². The largest absolute Gasteiger partial charge is 0.363 e. The number of carbonyl (C=O) groups is 1. The number of nitrogens with one attached hydrogen (secondary N) is 2. The number of rotatable bonds is 9. The molecule has 38 heavy (non-hydrogen) atoms. The van der Waals surface area contributed by atoms with Crippen molar-refractivity contribution in [2.45, 2.75) is 57.4 Å². The smallest absolute Gasteiger partial charge is 0.266 e. The van der Waals surface area contributed by atoms with Gasteiger partial charge in [0.25, 0.3) is 6.43 Å². The average Bonchev–Trinajstić information content (AvgIpc) is 3.46. The van der Waals surface area contributed by atoms with Crippen molar-refractivity contribution in [1.29, 1.82) is 0 Å². The molecular formula is C28H29F3N4O3. The summed E-state index contributed by atoms with van der Waals surface area (Å²) in [5.41, 5.74) is 0.925. The Labute approximate surface area is 218 Å². The first kappa shape index (κ1) is 26.1. The first-order valence-electron chi connectivity index (χ1n) is 12.6. The number of alkyl halides is 2. The number of amides is 1. The number of hydrogen-bond donors (Lipinski definition) is 2. The van der Waals surface area contributed by atoms with E-state index >= 15 is 0 Å². The fourth-order valence-electron chi connectivity index (χ4n) is 4.84. The number of aromatic nitrogens is 2. The molecule has 1 aliphatic heterocycles. The molecule has 2 N–H and O–H groups in total. The molecule has 10 heteroatoms. The second-order valence-electron chi connectivity index (χ2n) is 9.64. The molecule has 3 aromatic rings.